The fourth-order valence-corrected chi connectivity index (χ4v) is 4.42. The summed E-state index contributed by atoms with van der Waals surface area (Å²) < 4.78 is 1.90. The molecule has 0 spiro atoms. The summed E-state index contributed by atoms with van der Waals surface area (Å²) in [5.41, 5.74) is 7.69. The standard InChI is InChI=1S/C24H31N5O/c1-17-6-5-7-21(14-17)16-27-10-12-28(13-11-27)24(30)9-8-22-19(3)25-23-15-18(2)26-29(23)20(22)4/h5-7,14-15H,8-13,16H2,1-4H3. The number of piperazine rings is 1. The van der Waals surface area contributed by atoms with Gasteiger partial charge in [0.05, 0.1) is 5.69 Å². The average molecular weight is 406 g/mol. The Bertz CT molecular complexity index is 1060. The molecule has 0 N–H and O–H groups in total. The van der Waals surface area contributed by atoms with Gasteiger partial charge < -0.3 is 4.90 Å². The molecule has 2 aromatic heterocycles. The highest BCUT2D eigenvalue weighted by Gasteiger charge is 2.22. The molecule has 0 unspecified atom stereocenters. The number of aryl methyl sites for hydroxylation is 4. The van der Waals surface area contributed by atoms with Gasteiger partial charge in [-0.1, -0.05) is 29.8 Å². The molecular formula is C24H31N5O. The number of hydrogen-bond donors (Lipinski definition) is 0. The molecule has 4 rings (SSSR count). The van der Waals surface area contributed by atoms with Crippen molar-refractivity contribution in [2.24, 2.45) is 0 Å². The molecule has 0 saturated carbocycles. The maximum Gasteiger partial charge on any atom is 0.222 e. The first-order valence-corrected chi connectivity index (χ1v) is 10.8. The summed E-state index contributed by atoms with van der Waals surface area (Å²) in [4.78, 5) is 22.0. The molecule has 30 heavy (non-hydrogen) atoms. The van der Waals surface area contributed by atoms with E-state index in [0.29, 0.717) is 12.8 Å². The zero-order chi connectivity index (χ0) is 21.3. The Morgan fingerprint density at radius 1 is 1.03 bits per heavy atom. The molecule has 6 nitrogen and oxygen atoms in total. The van der Waals surface area contributed by atoms with Crippen LogP contribution in [0.5, 0.6) is 0 Å². The third-order valence-corrected chi connectivity index (χ3v) is 6.09. The number of hydrogen-bond acceptors (Lipinski definition) is 4. The van der Waals surface area contributed by atoms with Crippen molar-refractivity contribution in [3.05, 3.63) is 64.1 Å². The van der Waals surface area contributed by atoms with Crippen molar-refractivity contribution < 1.29 is 4.79 Å². The fourth-order valence-electron chi connectivity index (χ4n) is 4.42. The van der Waals surface area contributed by atoms with E-state index in [-0.39, 0.29) is 5.91 Å². The number of carbonyl (C=O) groups excluding carboxylic acids is 1. The molecule has 0 bridgehead atoms. The van der Waals surface area contributed by atoms with Crippen molar-refractivity contribution in [3.63, 3.8) is 0 Å². The van der Waals surface area contributed by atoms with E-state index >= 15 is 0 Å². The largest absolute Gasteiger partial charge is 0.340 e. The number of benzene rings is 1. The maximum atomic E-state index is 12.8. The Balaban J connectivity index is 1.33. The van der Waals surface area contributed by atoms with Crippen LogP contribution in [0.4, 0.5) is 0 Å². The Kier molecular flexibility index (Phi) is 5.86. The van der Waals surface area contributed by atoms with E-state index < -0.39 is 0 Å². The Labute approximate surface area is 178 Å². The van der Waals surface area contributed by atoms with Crippen molar-refractivity contribution in [1.29, 1.82) is 0 Å². The van der Waals surface area contributed by atoms with Gasteiger partial charge in [0.2, 0.25) is 5.91 Å². The highest BCUT2D eigenvalue weighted by Crippen LogP contribution is 2.18. The summed E-state index contributed by atoms with van der Waals surface area (Å²) in [7, 11) is 0. The van der Waals surface area contributed by atoms with Gasteiger partial charge in [-0.3, -0.25) is 9.69 Å². The minimum absolute atomic E-state index is 0.237. The van der Waals surface area contributed by atoms with Gasteiger partial charge >= 0.3 is 0 Å². The Hall–Kier alpha value is -2.73. The molecule has 1 fully saturated rings. The predicted molar refractivity (Wildman–Crippen MR) is 119 cm³/mol. The summed E-state index contributed by atoms with van der Waals surface area (Å²) in [6.45, 7) is 12.6. The second-order valence-electron chi connectivity index (χ2n) is 8.46. The van der Waals surface area contributed by atoms with Crippen molar-refractivity contribution in [1.82, 2.24) is 24.4 Å². The molecule has 3 heterocycles. The van der Waals surface area contributed by atoms with E-state index in [1.807, 2.05) is 29.3 Å². The number of carbonyl (C=O) groups is 1. The summed E-state index contributed by atoms with van der Waals surface area (Å²) >= 11 is 0. The van der Waals surface area contributed by atoms with Crippen LogP contribution in [0.2, 0.25) is 0 Å². The molecule has 1 aliphatic rings. The highest BCUT2D eigenvalue weighted by atomic mass is 16.2. The van der Waals surface area contributed by atoms with Crippen molar-refractivity contribution >= 4 is 11.6 Å². The van der Waals surface area contributed by atoms with Gasteiger partial charge in [0, 0.05) is 56.6 Å². The van der Waals surface area contributed by atoms with Gasteiger partial charge in [-0.2, -0.15) is 5.10 Å². The van der Waals surface area contributed by atoms with E-state index in [4.69, 9.17) is 0 Å². The normalized spacial score (nSPS) is 15.1. The summed E-state index contributed by atoms with van der Waals surface area (Å²) in [6, 6.07) is 10.7. The first-order valence-electron chi connectivity index (χ1n) is 10.8. The molecular weight excluding hydrogens is 374 g/mol. The molecule has 1 saturated heterocycles. The van der Waals surface area contributed by atoms with Crippen LogP contribution < -0.4 is 0 Å². The van der Waals surface area contributed by atoms with Crippen molar-refractivity contribution in [2.45, 2.75) is 47.1 Å². The average Bonchev–Trinajstić information content (AvgIpc) is 3.08. The quantitative estimate of drug-likeness (QED) is 0.654. The molecule has 1 aliphatic heterocycles. The number of amides is 1. The molecule has 0 radical (unpaired) electrons. The van der Waals surface area contributed by atoms with E-state index in [0.717, 1.165) is 61.0 Å². The summed E-state index contributed by atoms with van der Waals surface area (Å²) in [6.07, 6.45) is 1.23. The molecule has 6 heteroatoms. The lowest BCUT2D eigenvalue weighted by Crippen LogP contribution is -2.48. The topological polar surface area (TPSA) is 53.7 Å². The summed E-state index contributed by atoms with van der Waals surface area (Å²) in [5, 5.41) is 4.53. The second-order valence-corrected chi connectivity index (χ2v) is 8.46. The van der Waals surface area contributed by atoms with Crippen LogP contribution in [0.15, 0.2) is 30.3 Å². The molecule has 0 atom stereocenters. The third-order valence-electron chi connectivity index (χ3n) is 6.09. The monoisotopic (exact) mass is 405 g/mol. The van der Waals surface area contributed by atoms with E-state index in [1.165, 1.54) is 11.1 Å². The minimum Gasteiger partial charge on any atom is -0.340 e. The molecule has 1 aromatic carbocycles. The number of rotatable bonds is 5. The van der Waals surface area contributed by atoms with Crippen LogP contribution in [0.3, 0.4) is 0 Å². The van der Waals surface area contributed by atoms with Crippen molar-refractivity contribution in [3.8, 4) is 0 Å². The Morgan fingerprint density at radius 2 is 1.80 bits per heavy atom. The van der Waals surface area contributed by atoms with Gasteiger partial charge in [-0.05, 0) is 45.2 Å². The number of nitrogens with zero attached hydrogens (tertiary/aromatic N) is 5. The third kappa shape index (κ3) is 4.38. The van der Waals surface area contributed by atoms with Gasteiger partial charge in [0.15, 0.2) is 5.65 Å². The van der Waals surface area contributed by atoms with Crippen LogP contribution in [-0.4, -0.2) is 56.5 Å². The van der Waals surface area contributed by atoms with Gasteiger partial charge in [-0.15, -0.1) is 0 Å². The van der Waals surface area contributed by atoms with Gasteiger partial charge in [0.25, 0.3) is 0 Å². The summed E-state index contributed by atoms with van der Waals surface area (Å²) in [5.74, 6) is 0.237. The van der Waals surface area contributed by atoms with Crippen LogP contribution in [0.25, 0.3) is 5.65 Å². The lowest BCUT2D eigenvalue weighted by molar-refractivity contribution is -0.133. The lowest BCUT2D eigenvalue weighted by Gasteiger charge is -2.35. The highest BCUT2D eigenvalue weighted by molar-refractivity contribution is 5.76. The van der Waals surface area contributed by atoms with Crippen LogP contribution in [0, 0.1) is 27.7 Å². The number of aromatic nitrogens is 3. The molecule has 3 aromatic rings. The minimum atomic E-state index is 0.237. The van der Waals surface area contributed by atoms with Crippen LogP contribution in [0.1, 0.15) is 40.2 Å². The first kappa shape index (κ1) is 20.5. The SMILES string of the molecule is Cc1cccc(CN2CCN(C(=O)CCc3c(C)nc4cc(C)nn4c3C)CC2)c1. The van der Waals surface area contributed by atoms with E-state index in [2.05, 4.69) is 53.1 Å². The van der Waals surface area contributed by atoms with Gasteiger partial charge in [-0.25, -0.2) is 9.50 Å². The number of fused-ring (bicyclic) bond motifs is 1. The maximum absolute atomic E-state index is 12.8. The Morgan fingerprint density at radius 3 is 2.53 bits per heavy atom. The van der Waals surface area contributed by atoms with E-state index in [9.17, 15) is 4.79 Å². The molecule has 1 amide bonds. The first-order chi connectivity index (χ1) is 14.4. The fraction of sp³-hybridized carbons (Fsp3) is 0.458. The lowest BCUT2D eigenvalue weighted by atomic mass is 10.1. The van der Waals surface area contributed by atoms with E-state index in [1.54, 1.807) is 0 Å². The van der Waals surface area contributed by atoms with Crippen LogP contribution >= 0.6 is 0 Å². The zero-order valence-electron chi connectivity index (χ0n) is 18.5. The zero-order valence-corrected chi connectivity index (χ0v) is 18.5. The predicted octanol–water partition coefficient (Wildman–Crippen LogP) is 3.24. The molecule has 158 valence electrons. The van der Waals surface area contributed by atoms with Gasteiger partial charge in [0.1, 0.15) is 0 Å². The second kappa shape index (κ2) is 8.56. The molecule has 0 aliphatic carbocycles. The van der Waals surface area contributed by atoms with Crippen LogP contribution in [-0.2, 0) is 17.8 Å². The smallest absolute Gasteiger partial charge is 0.222 e. The van der Waals surface area contributed by atoms with Crippen molar-refractivity contribution in [2.75, 3.05) is 26.2 Å².